The Morgan fingerprint density at radius 1 is 1.27 bits per heavy atom. The molecule has 1 atom stereocenters. The number of carbonyl (C=O) groups excluding carboxylic acids is 1. The number of thiophene rings is 1. The zero-order chi connectivity index (χ0) is 21.4. The van der Waals surface area contributed by atoms with Crippen molar-refractivity contribution in [3.8, 4) is 5.69 Å². The van der Waals surface area contributed by atoms with Crippen LogP contribution in [0.5, 0.6) is 0 Å². The first kappa shape index (κ1) is 21.1. The van der Waals surface area contributed by atoms with E-state index in [4.69, 9.17) is 4.98 Å². The molecule has 0 aliphatic carbocycles. The van der Waals surface area contributed by atoms with Gasteiger partial charge in [-0.1, -0.05) is 11.8 Å². The number of nitrogens with zero attached hydrogens (tertiary/aromatic N) is 3. The molecule has 4 rings (SSSR count). The highest BCUT2D eigenvalue weighted by atomic mass is 32.2. The van der Waals surface area contributed by atoms with Crippen LogP contribution in [0.15, 0.2) is 34.2 Å². The number of aryl methyl sites for hydroxylation is 2. The molecule has 158 valence electrons. The first-order valence-corrected chi connectivity index (χ1v) is 11.9. The van der Waals surface area contributed by atoms with Gasteiger partial charge in [-0.15, -0.1) is 11.3 Å². The molecule has 0 saturated carbocycles. The van der Waals surface area contributed by atoms with E-state index in [1.165, 1.54) is 39.8 Å². The van der Waals surface area contributed by atoms with Crippen LogP contribution < -0.4 is 5.56 Å². The number of carbonyl (C=O) groups is 1. The van der Waals surface area contributed by atoms with E-state index in [1.807, 2.05) is 18.7 Å². The van der Waals surface area contributed by atoms with E-state index in [0.29, 0.717) is 21.1 Å². The highest BCUT2D eigenvalue weighted by Gasteiger charge is 2.24. The largest absolute Gasteiger partial charge is 0.339 e. The third-order valence-corrected chi connectivity index (χ3v) is 7.73. The molecule has 1 amide bonds. The van der Waals surface area contributed by atoms with Crippen molar-refractivity contribution in [2.45, 2.75) is 51.2 Å². The van der Waals surface area contributed by atoms with Gasteiger partial charge in [0.2, 0.25) is 5.91 Å². The second kappa shape index (κ2) is 8.51. The van der Waals surface area contributed by atoms with Crippen molar-refractivity contribution in [3.63, 3.8) is 0 Å². The van der Waals surface area contributed by atoms with Crippen LogP contribution in [0, 0.1) is 19.7 Å². The molecule has 0 unspecified atom stereocenters. The number of thioether (sulfide) groups is 1. The zero-order valence-corrected chi connectivity index (χ0v) is 18.9. The Hall–Kier alpha value is -2.19. The molecule has 3 heterocycles. The topological polar surface area (TPSA) is 55.2 Å². The Bertz CT molecular complexity index is 1150. The second-order valence-corrected chi connectivity index (χ2v) is 9.84. The maximum Gasteiger partial charge on any atom is 0.267 e. The molecule has 0 bridgehead atoms. The van der Waals surface area contributed by atoms with Gasteiger partial charge < -0.3 is 4.90 Å². The highest BCUT2D eigenvalue weighted by Crippen LogP contribution is 2.30. The fourth-order valence-electron chi connectivity index (χ4n) is 3.87. The summed E-state index contributed by atoms with van der Waals surface area (Å²) in [4.78, 5) is 34.6. The van der Waals surface area contributed by atoms with Gasteiger partial charge in [0.1, 0.15) is 10.6 Å². The molecule has 1 aliphatic rings. The molecule has 3 aromatic rings. The van der Waals surface area contributed by atoms with E-state index in [-0.39, 0.29) is 29.1 Å². The summed E-state index contributed by atoms with van der Waals surface area (Å²) in [6.45, 7) is 6.75. The van der Waals surface area contributed by atoms with Crippen molar-refractivity contribution in [3.05, 3.63) is 50.9 Å². The lowest BCUT2D eigenvalue weighted by Gasteiger charge is -2.33. The average molecular weight is 446 g/mol. The number of hydrogen-bond donors (Lipinski definition) is 0. The number of likely N-dealkylation sites (tertiary alicyclic amines) is 1. The van der Waals surface area contributed by atoms with Crippen LogP contribution in [-0.4, -0.2) is 38.7 Å². The molecule has 1 saturated heterocycles. The molecule has 0 radical (unpaired) electrons. The van der Waals surface area contributed by atoms with Crippen molar-refractivity contribution < 1.29 is 9.18 Å². The summed E-state index contributed by atoms with van der Waals surface area (Å²) >= 11 is 2.75. The number of amides is 1. The highest BCUT2D eigenvalue weighted by molar-refractivity contribution is 7.99. The quantitative estimate of drug-likeness (QED) is 0.432. The molecule has 30 heavy (non-hydrogen) atoms. The summed E-state index contributed by atoms with van der Waals surface area (Å²) in [6, 6.07) is 6.03. The van der Waals surface area contributed by atoms with Crippen molar-refractivity contribution in [1.29, 1.82) is 0 Å². The van der Waals surface area contributed by atoms with Gasteiger partial charge in [-0.25, -0.2) is 9.37 Å². The van der Waals surface area contributed by atoms with E-state index in [2.05, 4.69) is 6.92 Å². The zero-order valence-electron chi connectivity index (χ0n) is 17.3. The van der Waals surface area contributed by atoms with Crippen LogP contribution in [0.2, 0.25) is 0 Å². The number of halogens is 1. The summed E-state index contributed by atoms with van der Waals surface area (Å²) in [5.41, 5.74) is 1.27. The Kier molecular flexibility index (Phi) is 5.97. The van der Waals surface area contributed by atoms with Gasteiger partial charge in [0.15, 0.2) is 5.16 Å². The van der Waals surface area contributed by atoms with Crippen LogP contribution in [0.3, 0.4) is 0 Å². The Morgan fingerprint density at radius 2 is 2.00 bits per heavy atom. The molecule has 2 aromatic heterocycles. The third-order valence-electron chi connectivity index (χ3n) is 5.71. The summed E-state index contributed by atoms with van der Waals surface area (Å²) in [5, 5.41) is 1.04. The smallest absolute Gasteiger partial charge is 0.267 e. The van der Waals surface area contributed by atoms with E-state index in [9.17, 15) is 14.0 Å². The number of benzene rings is 1. The number of hydrogen-bond acceptors (Lipinski definition) is 5. The maximum absolute atomic E-state index is 13.5. The fraction of sp³-hybridized carbons (Fsp3) is 0.409. The molecule has 1 fully saturated rings. The first-order valence-electron chi connectivity index (χ1n) is 10.1. The Morgan fingerprint density at radius 3 is 2.70 bits per heavy atom. The summed E-state index contributed by atoms with van der Waals surface area (Å²) in [6.07, 6.45) is 3.20. The van der Waals surface area contributed by atoms with Crippen molar-refractivity contribution >= 4 is 39.2 Å². The lowest BCUT2D eigenvalue weighted by atomic mass is 10.0. The second-order valence-electron chi connectivity index (χ2n) is 7.70. The van der Waals surface area contributed by atoms with Gasteiger partial charge in [-0.3, -0.25) is 14.2 Å². The molecule has 1 aliphatic heterocycles. The van der Waals surface area contributed by atoms with Crippen molar-refractivity contribution in [2.24, 2.45) is 0 Å². The predicted molar refractivity (Wildman–Crippen MR) is 120 cm³/mol. The number of rotatable bonds is 4. The standard InChI is InChI=1S/C22H24FN3O2S2/c1-13-6-4-5-11-25(13)18(27)12-29-22-24-20-19(14(2)15(3)30-20)21(28)26(22)17-9-7-16(23)8-10-17/h7-10,13H,4-6,11-12H2,1-3H3/t13-/m1/s1. The molecule has 5 nitrogen and oxygen atoms in total. The SMILES string of the molecule is Cc1sc2nc(SCC(=O)N3CCCC[C@H]3C)n(-c3ccc(F)cc3)c(=O)c2c1C. The van der Waals surface area contributed by atoms with E-state index in [0.717, 1.165) is 36.2 Å². The van der Waals surface area contributed by atoms with Gasteiger partial charge >= 0.3 is 0 Å². The van der Waals surface area contributed by atoms with Crippen LogP contribution in [0.25, 0.3) is 15.9 Å². The predicted octanol–water partition coefficient (Wildman–Crippen LogP) is 4.70. The lowest BCUT2D eigenvalue weighted by molar-refractivity contribution is -0.131. The van der Waals surface area contributed by atoms with Crippen molar-refractivity contribution in [1.82, 2.24) is 14.5 Å². The van der Waals surface area contributed by atoms with Crippen LogP contribution >= 0.6 is 23.1 Å². The van der Waals surface area contributed by atoms with Crippen molar-refractivity contribution in [2.75, 3.05) is 12.3 Å². The number of aromatic nitrogens is 2. The lowest BCUT2D eigenvalue weighted by Crippen LogP contribution is -2.43. The normalized spacial score (nSPS) is 16.9. The van der Waals surface area contributed by atoms with E-state index < -0.39 is 0 Å². The van der Waals surface area contributed by atoms with Gasteiger partial charge in [0.05, 0.1) is 16.8 Å². The monoisotopic (exact) mass is 445 g/mol. The van der Waals surface area contributed by atoms with Gasteiger partial charge in [0.25, 0.3) is 5.56 Å². The van der Waals surface area contributed by atoms with E-state index >= 15 is 0 Å². The first-order chi connectivity index (χ1) is 14.4. The summed E-state index contributed by atoms with van der Waals surface area (Å²) < 4.78 is 15.0. The third kappa shape index (κ3) is 3.90. The van der Waals surface area contributed by atoms with Crippen LogP contribution in [-0.2, 0) is 4.79 Å². The van der Waals surface area contributed by atoms with Crippen LogP contribution in [0.4, 0.5) is 4.39 Å². The van der Waals surface area contributed by atoms with Gasteiger partial charge in [-0.05, 0) is 69.9 Å². The molecule has 0 spiro atoms. The molecule has 8 heteroatoms. The summed E-state index contributed by atoms with van der Waals surface area (Å²) in [7, 11) is 0. The summed E-state index contributed by atoms with van der Waals surface area (Å²) in [5.74, 6) is -0.0927. The number of piperidine rings is 1. The fourth-order valence-corrected chi connectivity index (χ4v) is 5.84. The Balaban J connectivity index is 1.74. The molecular weight excluding hydrogens is 421 g/mol. The minimum absolute atomic E-state index is 0.0609. The minimum atomic E-state index is -0.369. The van der Waals surface area contributed by atoms with Crippen LogP contribution in [0.1, 0.15) is 36.6 Å². The van der Waals surface area contributed by atoms with Gasteiger partial charge in [0, 0.05) is 17.5 Å². The minimum Gasteiger partial charge on any atom is -0.339 e. The van der Waals surface area contributed by atoms with E-state index in [1.54, 1.807) is 12.1 Å². The maximum atomic E-state index is 13.5. The Labute approximate surface area is 182 Å². The molecular formula is C22H24FN3O2S2. The van der Waals surface area contributed by atoms with Gasteiger partial charge in [-0.2, -0.15) is 0 Å². The molecule has 1 aromatic carbocycles. The molecule has 0 N–H and O–H groups in total. The number of fused-ring (bicyclic) bond motifs is 1. The average Bonchev–Trinajstić information content (AvgIpc) is 3.01.